The van der Waals surface area contributed by atoms with Gasteiger partial charge in [-0.2, -0.15) is 0 Å². The highest BCUT2D eigenvalue weighted by molar-refractivity contribution is 6.31. The largest absolute Gasteiger partial charge is 0.326 e. The van der Waals surface area contributed by atoms with Crippen LogP contribution in [0.1, 0.15) is 31.2 Å². The number of aryl methyl sites for hydroxylation is 1. The minimum absolute atomic E-state index is 0.0279. The zero-order valence-corrected chi connectivity index (χ0v) is 17.5. The first-order valence-corrected chi connectivity index (χ1v) is 10.6. The quantitative estimate of drug-likeness (QED) is 0.746. The van der Waals surface area contributed by atoms with Gasteiger partial charge in [0.15, 0.2) is 0 Å². The van der Waals surface area contributed by atoms with Crippen molar-refractivity contribution in [1.82, 2.24) is 0 Å². The van der Waals surface area contributed by atoms with Gasteiger partial charge < -0.3 is 15.5 Å². The molecule has 1 aliphatic heterocycles. The minimum Gasteiger partial charge on any atom is -0.326 e. The van der Waals surface area contributed by atoms with E-state index in [9.17, 15) is 14.4 Å². The number of anilines is 3. The molecule has 6 nitrogen and oxygen atoms in total. The lowest BCUT2D eigenvalue weighted by Crippen LogP contribution is -2.29. The van der Waals surface area contributed by atoms with E-state index in [1.807, 2.05) is 25.1 Å². The van der Waals surface area contributed by atoms with Gasteiger partial charge in [-0.1, -0.05) is 30.2 Å². The number of halogens is 1. The molecule has 2 aliphatic rings. The van der Waals surface area contributed by atoms with Crippen LogP contribution in [0.4, 0.5) is 17.1 Å². The SMILES string of the molecule is Cc1ccc(NC(=O)[C@H]2CC(=O)N(c3cccc(NC(=O)C4CCC4)c3)C2)cc1Cl. The Balaban J connectivity index is 1.41. The molecule has 30 heavy (non-hydrogen) atoms. The van der Waals surface area contributed by atoms with E-state index in [0.717, 1.165) is 24.8 Å². The number of rotatable bonds is 5. The third kappa shape index (κ3) is 4.33. The van der Waals surface area contributed by atoms with Gasteiger partial charge in [0.1, 0.15) is 0 Å². The second-order valence-corrected chi connectivity index (χ2v) is 8.43. The normalized spacial score (nSPS) is 18.8. The van der Waals surface area contributed by atoms with Gasteiger partial charge in [-0.25, -0.2) is 0 Å². The molecular weight excluding hydrogens is 402 g/mol. The van der Waals surface area contributed by atoms with E-state index in [4.69, 9.17) is 11.6 Å². The maximum absolute atomic E-state index is 12.7. The number of carbonyl (C=O) groups is 3. The van der Waals surface area contributed by atoms with Crippen LogP contribution in [0.5, 0.6) is 0 Å². The summed E-state index contributed by atoms with van der Waals surface area (Å²) in [5, 5.41) is 6.36. The number of hydrogen-bond donors (Lipinski definition) is 2. The monoisotopic (exact) mass is 425 g/mol. The van der Waals surface area contributed by atoms with Crippen molar-refractivity contribution >= 4 is 46.4 Å². The Hall–Kier alpha value is -2.86. The third-order valence-electron chi connectivity index (χ3n) is 5.84. The summed E-state index contributed by atoms with van der Waals surface area (Å²) in [6, 6.07) is 12.6. The van der Waals surface area contributed by atoms with E-state index in [-0.39, 0.29) is 30.1 Å². The zero-order valence-electron chi connectivity index (χ0n) is 16.8. The Morgan fingerprint density at radius 3 is 2.37 bits per heavy atom. The molecule has 7 heteroatoms. The Labute approximate surface area is 180 Å². The molecule has 4 rings (SSSR count). The number of benzene rings is 2. The van der Waals surface area contributed by atoms with Crippen LogP contribution in [0.2, 0.25) is 5.02 Å². The topological polar surface area (TPSA) is 78.5 Å². The third-order valence-corrected chi connectivity index (χ3v) is 6.24. The zero-order chi connectivity index (χ0) is 21.3. The molecule has 1 heterocycles. The summed E-state index contributed by atoms with van der Waals surface area (Å²) in [6.45, 7) is 2.19. The molecule has 2 fully saturated rings. The summed E-state index contributed by atoms with van der Waals surface area (Å²) in [5.41, 5.74) is 2.89. The maximum Gasteiger partial charge on any atom is 0.229 e. The van der Waals surface area contributed by atoms with Crippen molar-refractivity contribution < 1.29 is 14.4 Å². The Morgan fingerprint density at radius 2 is 1.70 bits per heavy atom. The molecule has 0 radical (unpaired) electrons. The molecule has 2 aromatic rings. The average molecular weight is 426 g/mol. The fourth-order valence-electron chi connectivity index (χ4n) is 3.71. The number of nitrogens with zero attached hydrogens (tertiary/aromatic N) is 1. The molecule has 1 aliphatic carbocycles. The van der Waals surface area contributed by atoms with Crippen LogP contribution in [0.25, 0.3) is 0 Å². The standard InChI is InChI=1S/C23H24ClN3O3/c1-14-8-9-18(12-20(14)24)26-23(30)16-10-21(28)27(13-16)19-7-3-6-17(11-19)25-22(29)15-4-2-5-15/h3,6-9,11-12,15-16H,2,4-5,10,13H2,1H3,(H,25,29)(H,26,30)/t16-/m0/s1. The molecule has 1 saturated heterocycles. The predicted molar refractivity (Wildman–Crippen MR) is 118 cm³/mol. The van der Waals surface area contributed by atoms with Crippen molar-refractivity contribution in [1.29, 1.82) is 0 Å². The summed E-state index contributed by atoms with van der Waals surface area (Å²) < 4.78 is 0. The van der Waals surface area contributed by atoms with Crippen molar-refractivity contribution in [2.45, 2.75) is 32.6 Å². The van der Waals surface area contributed by atoms with Crippen LogP contribution in [0.15, 0.2) is 42.5 Å². The van der Waals surface area contributed by atoms with Crippen LogP contribution in [-0.4, -0.2) is 24.3 Å². The molecule has 2 N–H and O–H groups in total. The van der Waals surface area contributed by atoms with E-state index in [0.29, 0.717) is 28.6 Å². The van der Waals surface area contributed by atoms with Gasteiger partial charge in [-0.15, -0.1) is 0 Å². The molecule has 0 spiro atoms. The van der Waals surface area contributed by atoms with Crippen molar-refractivity contribution in [2.75, 3.05) is 22.1 Å². The van der Waals surface area contributed by atoms with Gasteiger partial charge in [0.2, 0.25) is 17.7 Å². The predicted octanol–water partition coefficient (Wildman–Crippen LogP) is 4.38. The molecule has 0 bridgehead atoms. The van der Waals surface area contributed by atoms with E-state index in [1.165, 1.54) is 0 Å². The van der Waals surface area contributed by atoms with Gasteiger partial charge in [-0.05, 0) is 55.7 Å². The summed E-state index contributed by atoms with van der Waals surface area (Å²) in [4.78, 5) is 39.0. The number of nitrogens with one attached hydrogen (secondary N) is 2. The first-order valence-electron chi connectivity index (χ1n) is 10.2. The fraction of sp³-hybridized carbons (Fsp3) is 0.348. The maximum atomic E-state index is 12.7. The second kappa shape index (κ2) is 8.48. The fourth-order valence-corrected chi connectivity index (χ4v) is 3.89. The van der Waals surface area contributed by atoms with Crippen molar-refractivity contribution in [2.24, 2.45) is 11.8 Å². The summed E-state index contributed by atoms with van der Waals surface area (Å²) in [5.74, 6) is -0.656. The summed E-state index contributed by atoms with van der Waals surface area (Å²) in [7, 11) is 0. The summed E-state index contributed by atoms with van der Waals surface area (Å²) in [6.07, 6.45) is 3.10. The van der Waals surface area contributed by atoms with Crippen LogP contribution in [0.3, 0.4) is 0 Å². The molecular formula is C23H24ClN3O3. The average Bonchev–Trinajstić information content (AvgIpc) is 3.05. The number of amides is 3. The number of carbonyl (C=O) groups excluding carboxylic acids is 3. The Morgan fingerprint density at radius 1 is 1.00 bits per heavy atom. The van der Waals surface area contributed by atoms with Crippen molar-refractivity contribution in [3.8, 4) is 0 Å². The van der Waals surface area contributed by atoms with Crippen LogP contribution in [0, 0.1) is 18.8 Å². The van der Waals surface area contributed by atoms with E-state index >= 15 is 0 Å². The van der Waals surface area contributed by atoms with Gasteiger partial charge in [0, 0.05) is 41.0 Å². The van der Waals surface area contributed by atoms with Gasteiger partial charge in [-0.3, -0.25) is 14.4 Å². The lowest BCUT2D eigenvalue weighted by atomic mass is 9.85. The van der Waals surface area contributed by atoms with Crippen LogP contribution < -0.4 is 15.5 Å². The van der Waals surface area contributed by atoms with E-state index < -0.39 is 5.92 Å². The Kier molecular flexibility index (Phi) is 5.77. The highest BCUT2D eigenvalue weighted by Gasteiger charge is 2.35. The molecule has 156 valence electrons. The van der Waals surface area contributed by atoms with Gasteiger partial charge >= 0.3 is 0 Å². The molecule has 3 amide bonds. The van der Waals surface area contributed by atoms with Gasteiger partial charge in [0.25, 0.3) is 0 Å². The van der Waals surface area contributed by atoms with Crippen LogP contribution in [-0.2, 0) is 14.4 Å². The first kappa shape index (κ1) is 20.4. The lowest BCUT2D eigenvalue weighted by Gasteiger charge is -2.24. The lowest BCUT2D eigenvalue weighted by molar-refractivity contribution is -0.122. The highest BCUT2D eigenvalue weighted by Crippen LogP contribution is 2.30. The molecule has 2 aromatic carbocycles. The Bertz CT molecular complexity index is 1000. The minimum atomic E-state index is -0.453. The van der Waals surface area contributed by atoms with Gasteiger partial charge in [0.05, 0.1) is 5.92 Å². The second-order valence-electron chi connectivity index (χ2n) is 8.03. The first-order chi connectivity index (χ1) is 14.4. The van der Waals surface area contributed by atoms with E-state index in [2.05, 4.69) is 10.6 Å². The molecule has 0 unspecified atom stereocenters. The summed E-state index contributed by atoms with van der Waals surface area (Å²) >= 11 is 6.12. The smallest absolute Gasteiger partial charge is 0.229 e. The van der Waals surface area contributed by atoms with Crippen molar-refractivity contribution in [3.05, 3.63) is 53.1 Å². The van der Waals surface area contributed by atoms with Crippen molar-refractivity contribution in [3.63, 3.8) is 0 Å². The van der Waals surface area contributed by atoms with Crippen LogP contribution >= 0.6 is 11.6 Å². The molecule has 1 atom stereocenters. The molecule has 1 saturated carbocycles. The van der Waals surface area contributed by atoms with E-state index in [1.54, 1.807) is 29.2 Å². The molecule has 0 aromatic heterocycles. The number of hydrogen-bond acceptors (Lipinski definition) is 3. The highest BCUT2D eigenvalue weighted by atomic mass is 35.5.